The summed E-state index contributed by atoms with van der Waals surface area (Å²) in [4.78, 5) is 14.6. The zero-order chi connectivity index (χ0) is 16.7. The summed E-state index contributed by atoms with van der Waals surface area (Å²) in [6, 6.07) is 20.3. The summed E-state index contributed by atoms with van der Waals surface area (Å²) in [6.07, 6.45) is 2.60. The van der Waals surface area contributed by atoms with Crippen LogP contribution in [0.5, 0.6) is 0 Å². The van der Waals surface area contributed by atoms with E-state index in [0.29, 0.717) is 13.0 Å². The quantitative estimate of drug-likeness (QED) is 0.765. The zero-order valence-corrected chi connectivity index (χ0v) is 14.2. The fourth-order valence-corrected chi connectivity index (χ4v) is 2.58. The zero-order valence-electron chi connectivity index (χ0n) is 14.2. The Morgan fingerprint density at radius 2 is 1.57 bits per heavy atom. The molecule has 2 aromatic rings. The molecule has 0 unspecified atom stereocenters. The van der Waals surface area contributed by atoms with Gasteiger partial charge in [0.1, 0.15) is 0 Å². The largest absolute Gasteiger partial charge is 0.336 e. The average molecular weight is 307 g/mol. The Morgan fingerprint density at radius 3 is 2.13 bits per heavy atom. The van der Waals surface area contributed by atoms with Crippen molar-refractivity contribution in [1.29, 1.82) is 0 Å². The van der Waals surface area contributed by atoms with Gasteiger partial charge in [0.2, 0.25) is 5.91 Å². The molecule has 0 aromatic heterocycles. The molecule has 0 atom stereocenters. The summed E-state index contributed by atoms with van der Waals surface area (Å²) in [7, 11) is 0. The Kier molecular flexibility index (Phi) is 6.16. The summed E-state index contributed by atoms with van der Waals surface area (Å²) in [5.41, 5.74) is 3.42. The summed E-state index contributed by atoms with van der Waals surface area (Å²) in [5.74, 6) is 0.173. The van der Waals surface area contributed by atoms with Gasteiger partial charge < -0.3 is 4.90 Å². The molecule has 0 fully saturated rings. The highest BCUT2D eigenvalue weighted by atomic mass is 16.2. The van der Waals surface area contributed by atoms with Crippen LogP contribution in [0.1, 0.15) is 31.9 Å². The van der Waals surface area contributed by atoms with E-state index >= 15 is 0 Å². The molecule has 0 radical (unpaired) electrons. The van der Waals surface area contributed by atoms with Crippen molar-refractivity contribution in [2.75, 3.05) is 6.54 Å². The van der Waals surface area contributed by atoms with E-state index in [1.165, 1.54) is 11.1 Å². The molecule has 0 spiro atoms. The number of carbonyl (C=O) groups is 1. The molecule has 0 aliphatic heterocycles. The highest BCUT2D eigenvalue weighted by molar-refractivity contribution is 5.79. The standard InChI is InChI=1S/C21H25NO/c1-17(2)22(21(23)15-20-12-8-5-9-13-20)16-18(3)14-19-10-6-4-7-11-19/h4-14,17H,15-16H2,1-3H3/b18-14+. The summed E-state index contributed by atoms with van der Waals surface area (Å²) in [6.45, 7) is 6.88. The minimum atomic E-state index is 0.173. The van der Waals surface area contributed by atoms with E-state index < -0.39 is 0 Å². The third-order valence-corrected chi connectivity index (χ3v) is 3.77. The molecule has 2 aromatic carbocycles. The van der Waals surface area contributed by atoms with Gasteiger partial charge in [-0.1, -0.05) is 72.3 Å². The van der Waals surface area contributed by atoms with Crippen molar-refractivity contribution < 1.29 is 4.79 Å². The highest BCUT2D eigenvalue weighted by Crippen LogP contribution is 2.12. The maximum Gasteiger partial charge on any atom is 0.227 e. The van der Waals surface area contributed by atoms with E-state index in [-0.39, 0.29) is 11.9 Å². The topological polar surface area (TPSA) is 20.3 Å². The maximum absolute atomic E-state index is 12.6. The molecule has 1 amide bonds. The minimum absolute atomic E-state index is 0.173. The van der Waals surface area contributed by atoms with Gasteiger partial charge in [-0.15, -0.1) is 0 Å². The van der Waals surface area contributed by atoms with Gasteiger partial charge >= 0.3 is 0 Å². The van der Waals surface area contributed by atoms with Crippen molar-refractivity contribution in [2.24, 2.45) is 0 Å². The van der Waals surface area contributed by atoms with Gasteiger partial charge in [0.05, 0.1) is 6.42 Å². The van der Waals surface area contributed by atoms with Crippen LogP contribution in [0.3, 0.4) is 0 Å². The van der Waals surface area contributed by atoms with Gasteiger partial charge in [0, 0.05) is 12.6 Å². The molecule has 2 nitrogen and oxygen atoms in total. The number of carbonyl (C=O) groups excluding carboxylic acids is 1. The lowest BCUT2D eigenvalue weighted by Crippen LogP contribution is -2.39. The lowest BCUT2D eigenvalue weighted by Gasteiger charge is -2.27. The van der Waals surface area contributed by atoms with Gasteiger partial charge in [-0.05, 0) is 31.9 Å². The number of amides is 1. The predicted molar refractivity (Wildman–Crippen MR) is 97.1 cm³/mol. The second kappa shape index (κ2) is 8.33. The first-order valence-electron chi connectivity index (χ1n) is 8.12. The molecule has 0 saturated carbocycles. The number of hydrogen-bond donors (Lipinski definition) is 0. The van der Waals surface area contributed by atoms with Crippen molar-refractivity contribution in [3.8, 4) is 0 Å². The molecule has 0 N–H and O–H groups in total. The minimum Gasteiger partial charge on any atom is -0.336 e. The molecule has 2 rings (SSSR count). The van der Waals surface area contributed by atoms with Crippen molar-refractivity contribution >= 4 is 12.0 Å². The monoisotopic (exact) mass is 307 g/mol. The predicted octanol–water partition coefficient (Wildman–Crippen LogP) is 4.57. The fraction of sp³-hybridized carbons (Fsp3) is 0.286. The smallest absolute Gasteiger partial charge is 0.227 e. The van der Waals surface area contributed by atoms with Crippen molar-refractivity contribution in [3.63, 3.8) is 0 Å². The Balaban J connectivity index is 2.06. The van der Waals surface area contributed by atoms with Gasteiger partial charge in [-0.25, -0.2) is 0 Å². The van der Waals surface area contributed by atoms with Gasteiger partial charge in [0.25, 0.3) is 0 Å². The Morgan fingerprint density at radius 1 is 1.00 bits per heavy atom. The summed E-state index contributed by atoms with van der Waals surface area (Å²) >= 11 is 0. The Labute approximate surface area is 139 Å². The summed E-state index contributed by atoms with van der Waals surface area (Å²) in [5, 5.41) is 0. The number of rotatable bonds is 6. The van der Waals surface area contributed by atoms with Crippen LogP contribution in [0.2, 0.25) is 0 Å². The highest BCUT2D eigenvalue weighted by Gasteiger charge is 2.17. The molecule has 0 heterocycles. The third kappa shape index (κ3) is 5.41. The molecule has 23 heavy (non-hydrogen) atoms. The van der Waals surface area contributed by atoms with E-state index in [9.17, 15) is 4.79 Å². The molecular formula is C21H25NO. The SMILES string of the molecule is C/C(=C\c1ccccc1)CN(C(=O)Cc1ccccc1)C(C)C. The van der Waals surface area contributed by atoms with Crippen molar-refractivity contribution in [3.05, 3.63) is 77.4 Å². The Hall–Kier alpha value is -2.35. The maximum atomic E-state index is 12.6. The third-order valence-electron chi connectivity index (χ3n) is 3.77. The van der Waals surface area contributed by atoms with Crippen LogP contribution in [0.4, 0.5) is 0 Å². The second-order valence-corrected chi connectivity index (χ2v) is 6.18. The van der Waals surface area contributed by atoms with E-state index in [1.54, 1.807) is 0 Å². The lowest BCUT2D eigenvalue weighted by molar-refractivity contribution is -0.131. The average Bonchev–Trinajstić information content (AvgIpc) is 2.54. The first-order valence-corrected chi connectivity index (χ1v) is 8.12. The molecule has 0 aliphatic rings. The van der Waals surface area contributed by atoms with Gasteiger partial charge in [-0.3, -0.25) is 4.79 Å². The molecule has 120 valence electrons. The van der Waals surface area contributed by atoms with E-state index in [0.717, 1.165) is 5.56 Å². The van der Waals surface area contributed by atoms with E-state index in [1.807, 2.05) is 53.4 Å². The van der Waals surface area contributed by atoms with E-state index in [2.05, 4.69) is 39.0 Å². The van der Waals surface area contributed by atoms with Crippen LogP contribution in [0.15, 0.2) is 66.2 Å². The number of hydrogen-bond acceptors (Lipinski definition) is 1. The van der Waals surface area contributed by atoms with Gasteiger partial charge in [-0.2, -0.15) is 0 Å². The van der Waals surface area contributed by atoms with Crippen LogP contribution in [-0.4, -0.2) is 23.4 Å². The number of benzene rings is 2. The normalized spacial score (nSPS) is 11.6. The lowest BCUT2D eigenvalue weighted by atomic mass is 10.1. The molecule has 0 aliphatic carbocycles. The summed E-state index contributed by atoms with van der Waals surface area (Å²) < 4.78 is 0. The fourth-order valence-electron chi connectivity index (χ4n) is 2.58. The van der Waals surface area contributed by atoms with Crippen LogP contribution < -0.4 is 0 Å². The molecule has 0 saturated heterocycles. The first kappa shape index (κ1) is 17.0. The molecule has 2 heteroatoms. The van der Waals surface area contributed by atoms with Crippen molar-refractivity contribution in [2.45, 2.75) is 33.2 Å². The molecule has 0 bridgehead atoms. The first-order chi connectivity index (χ1) is 11.1. The van der Waals surface area contributed by atoms with Crippen LogP contribution >= 0.6 is 0 Å². The van der Waals surface area contributed by atoms with Crippen LogP contribution in [0.25, 0.3) is 6.08 Å². The van der Waals surface area contributed by atoms with Gasteiger partial charge in [0.15, 0.2) is 0 Å². The Bertz CT molecular complexity index is 644. The van der Waals surface area contributed by atoms with Crippen molar-refractivity contribution in [1.82, 2.24) is 4.90 Å². The van der Waals surface area contributed by atoms with Crippen LogP contribution in [0, 0.1) is 0 Å². The second-order valence-electron chi connectivity index (χ2n) is 6.18. The van der Waals surface area contributed by atoms with Crippen LogP contribution in [-0.2, 0) is 11.2 Å². The molecular weight excluding hydrogens is 282 g/mol. The van der Waals surface area contributed by atoms with E-state index in [4.69, 9.17) is 0 Å². The number of nitrogens with zero attached hydrogens (tertiary/aromatic N) is 1.